The fourth-order valence-electron chi connectivity index (χ4n) is 4.44. The highest BCUT2D eigenvalue weighted by atomic mass is 32.1. The fraction of sp³-hybridized carbons (Fsp3) is 0.440. The molecule has 0 spiro atoms. The largest absolute Gasteiger partial charge is 0.493 e. The first-order valence-electron chi connectivity index (χ1n) is 11.2. The number of nitrogens with zero attached hydrogens (tertiary/aromatic N) is 3. The number of methoxy groups -OCH3 is 3. The van der Waals surface area contributed by atoms with E-state index in [1.54, 1.807) is 44.8 Å². The Labute approximate surface area is 198 Å². The second-order valence-electron chi connectivity index (χ2n) is 8.28. The first kappa shape index (κ1) is 23.3. The number of para-hydroxylation sites is 1. The van der Waals surface area contributed by atoms with Crippen molar-refractivity contribution in [3.8, 4) is 17.2 Å². The summed E-state index contributed by atoms with van der Waals surface area (Å²) < 4.78 is 17.5. The molecule has 2 aromatic carbocycles. The standard InChI is InChI=1S/C25H31N3O4S/c1-27-12-7-8-18(27)11-13-28(16-23-26-19-9-5-6-10-22(19)33-23)25(29)17-14-20(30-2)24(32-4)21(15-17)31-3/h5-6,9-10,14-15,18H,7-8,11-13,16H2,1-4H3. The molecule has 0 radical (unpaired) electrons. The molecule has 1 fully saturated rings. The van der Waals surface area contributed by atoms with Crippen LogP contribution in [0, 0.1) is 0 Å². The smallest absolute Gasteiger partial charge is 0.254 e. The number of benzene rings is 2. The summed E-state index contributed by atoms with van der Waals surface area (Å²) in [5, 5.41) is 0.928. The lowest BCUT2D eigenvalue weighted by Crippen LogP contribution is -2.35. The number of thiazole rings is 1. The van der Waals surface area contributed by atoms with Crippen LogP contribution in [0.2, 0.25) is 0 Å². The third-order valence-corrected chi connectivity index (χ3v) is 7.29. The lowest BCUT2D eigenvalue weighted by molar-refractivity contribution is 0.0728. The quantitative estimate of drug-likeness (QED) is 0.461. The second-order valence-corrected chi connectivity index (χ2v) is 9.40. The lowest BCUT2D eigenvalue weighted by atomic mass is 10.1. The molecule has 7 nitrogen and oxygen atoms in total. The fourth-order valence-corrected chi connectivity index (χ4v) is 5.42. The van der Waals surface area contributed by atoms with Crippen LogP contribution in [0.15, 0.2) is 36.4 Å². The Hall–Kier alpha value is -2.84. The molecule has 1 atom stereocenters. The summed E-state index contributed by atoms with van der Waals surface area (Å²) in [5.41, 5.74) is 1.47. The predicted molar refractivity (Wildman–Crippen MR) is 131 cm³/mol. The van der Waals surface area contributed by atoms with Crippen molar-refractivity contribution < 1.29 is 19.0 Å². The molecule has 1 aromatic heterocycles. The van der Waals surface area contributed by atoms with E-state index >= 15 is 0 Å². The first-order chi connectivity index (χ1) is 16.0. The van der Waals surface area contributed by atoms with Gasteiger partial charge in [-0.2, -0.15) is 0 Å². The number of likely N-dealkylation sites (tertiary alicyclic amines) is 1. The highest BCUT2D eigenvalue weighted by Crippen LogP contribution is 2.38. The normalized spacial score (nSPS) is 16.2. The van der Waals surface area contributed by atoms with E-state index in [0.29, 0.717) is 41.9 Å². The van der Waals surface area contributed by atoms with Gasteiger partial charge >= 0.3 is 0 Å². The van der Waals surface area contributed by atoms with Crippen molar-refractivity contribution in [3.05, 3.63) is 47.0 Å². The Morgan fingerprint density at radius 2 is 1.88 bits per heavy atom. The number of hydrogen-bond donors (Lipinski definition) is 0. The van der Waals surface area contributed by atoms with Crippen molar-refractivity contribution in [3.63, 3.8) is 0 Å². The van der Waals surface area contributed by atoms with Gasteiger partial charge in [-0.05, 0) is 57.1 Å². The van der Waals surface area contributed by atoms with Gasteiger partial charge in [0.1, 0.15) is 5.01 Å². The van der Waals surface area contributed by atoms with E-state index in [2.05, 4.69) is 18.0 Å². The van der Waals surface area contributed by atoms with Crippen LogP contribution in [-0.4, -0.2) is 68.2 Å². The van der Waals surface area contributed by atoms with Crippen molar-refractivity contribution >= 4 is 27.5 Å². The topological polar surface area (TPSA) is 64.1 Å². The van der Waals surface area contributed by atoms with Crippen LogP contribution in [0.3, 0.4) is 0 Å². The maximum absolute atomic E-state index is 13.7. The Balaban J connectivity index is 1.63. The molecule has 1 aliphatic heterocycles. The van der Waals surface area contributed by atoms with E-state index < -0.39 is 0 Å². The van der Waals surface area contributed by atoms with Gasteiger partial charge in [-0.15, -0.1) is 11.3 Å². The van der Waals surface area contributed by atoms with Crippen LogP contribution < -0.4 is 14.2 Å². The molecular formula is C25H31N3O4S. The zero-order valence-electron chi connectivity index (χ0n) is 19.7. The van der Waals surface area contributed by atoms with Crippen LogP contribution in [0.25, 0.3) is 10.2 Å². The third-order valence-electron chi connectivity index (χ3n) is 6.27. The summed E-state index contributed by atoms with van der Waals surface area (Å²) in [6.07, 6.45) is 3.31. The third kappa shape index (κ3) is 5.07. The molecule has 3 aromatic rings. The number of carbonyl (C=O) groups excluding carboxylic acids is 1. The second kappa shape index (κ2) is 10.4. The van der Waals surface area contributed by atoms with E-state index in [9.17, 15) is 4.79 Å². The zero-order chi connectivity index (χ0) is 23.4. The van der Waals surface area contributed by atoms with E-state index in [0.717, 1.165) is 28.2 Å². The molecule has 8 heteroatoms. The summed E-state index contributed by atoms with van der Waals surface area (Å²) in [4.78, 5) is 22.8. The van der Waals surface area contributed by atoms with E-state index in [4.69, 9.17) is 19.2 Å². The van der Waals surface area contributed by atoms with Crippen LogP contribution in [0.1, 0.15) is 34.6 Å². The number of carbonyl (C=O) groups is 1. The van der Waals surface area contributed by atoms with Gasteiger partial charge in [0.15, 0.2) is 11.5 Å². The SMILES string of the molecule is COc1cc(C(=O)N(CCC2CCCN2C)Cc2nc3ccccc3s2)cc(OC)c1OC. The van der Waals surface area contributed by atoms with Crippen molar-refractivity contribution in [1.82, 2.24) is 14.8 Å². The van der Waals surface area contributed by atoms with Crippen LogP contribution in [-0.2, 0) is 6.54 Å². The maximum Gasteiger partial charge on any atom is 0.254 e. The molecule has 1 amide bonds. The molecule has 176 valence electrons. The lowest BCUT2D eigenvalue weighted by Gasteiger charge is -2.26. The van der Waals surface area contributed by atoms with E-state index in [1.807, 2.05) is 23.1 Å². The van der Waals surface area contributed by atoms with Gasteiger partial charge in [0.2, 0.25) is 5.75 Å². The number of ether oxygens (including phenoxy) is 3. The Morgan fingerprint density at radius 3 is 2.48 bits per heavy atom. The van der Waals surface area contributed by atoms with Crippen LogP contribution in [0.5, 0.6) is 17.2 Å². The van der Waals surface area contributed by atoms with E-state index in [1.165, 1.54) is 12.8 Å². The molecule has 0 aliphatic carbocycles. The monoisotopic (exact) mass is 469 g/mol. The Kier molecular flexibility index (Phi) is 7.35. The van der Waals surface area contributed by atoms with Crippen molar-refractivity contribution in [2.75, 3.05) is 41.5 Å². The summed E-state index contributed by atoms with van der Waals surface area (Å²) in [6, 6.07) is 12.0. The molecule has 4 rings (SSSR count). The molecular weight excluding hydrogens is 438 g/mol. The minimum Gasteiger partial charge on any atom is -0.493 e. The summed E-state index contributed by atoms with van der Waals surface area (Å²) in [5.74, 6) is 1.34. The van der Waals surface area contributed by atoms with Gasteiger partial charge in [0.25, 0.3) is 5.91 Å². The van der Waals surface area contributed by atoms with Gasteiger partial charge in [-0.3, -0.25) is 4.79 Å². The highest BCUT2D eigenvalue weighted by Gasteiger charge is 2.26. The van der Waals surface area contributed by atoms with Gasteiger partial charge in [0, 0.05) is 18.2 Å². The first-order valence-corrected chi connectivity index (χ1v) is 12.0. The van der Waals surface area contributed by atoms with Crippen molar-refractivity contribution in [2.45, 2.75) is 31.8 Å². The minimum atomic E-state index is -0.0749. The number of aromatic nitrogens is 1. The van der Waals surface area contributed by atoms with Crippen molar-refractivity contribution in [1.29, 1.82) is 0 Å². The number of amides is 1. The Bertz CT molecular complexity index is 1060. The van der Waals surface area contributed by atoms with Crippen molar-refractivity contribution in [2.24, 2.45) is 0 Å². The van der Waals surface area contributed by atoms with Gasteiger partial charge < -0.3 is 24.0 Å². The van der Waals surface area contributed by atoms with Crippen LogP contribution in [0.4, 0.5) is 0 Å². The van der Waals surface area contributed by atoms with Gasteiger partial charge in [-0.25, -0.2) is 4.98 Å². The molecule has 33 heavy (non-hydrogen) atoms. The highest BCUT2D eigenvalue weighted by molar-refractivity contribution is 7.18. The summed E-state index contributed by atoms with van der Waals surface area (Å²) in [6.45, 7) is 2.23. The Morgan fingerprint density at radius 1 is 1.15 bits per heavy atom. The molecule has 1 saturated heterocycles. The number of hydrogen-bond acceptors (Lipinski definition) is 7. The zero-order valence-corrected chi connectivity index (χ0v) is 20.5. The molecule has 1 aliphatic rings. The van der Waals surface area contributed by atoms with Crippen LogP contribution >= 0.6 is 11.3 Å². The van der Waals surface area contributed by atoms with E-state index in [-0.39, 0.29) is 5.91 Å². The number of fused-ring (bicyclic) bond motifs is 1. The molecule has 0 bridgehead atoms. The molecule has 0 saturated carbocycles. The van der Waals surface area contributed by atoms with Gasteiger partial charge in [0.05, 0.1) is 38.1 Å². The molecule has 0 N–H and O–H groups in total. The summed E-state index contributed by atoms with van der Waals surface area (Å²) >= 11 is 1.63. The molecule has 2 heterocycles. The average Bonchev–Trinajstić information content (AvgIpc) is 3.45. The van der Waals surface area contributed by atoms with Gasteiger partial charge in [-0.1, -0.05) is 12.1 Å². The number of rotatable bonds is 9. The predicted octanol–water partition coefficient (Wildman–Crippen LogP) is 4.45. The average molecular weight is 470 g/mol. The summed E-state index contributed by atoms with van der Waals surface area (Å²) in [7, 11) is 6.83. The minimum absolute atomic E-state index is 0.0749. The molecule has 1 unspecified atom stereocenters. The maximum atomic E-state index is 13.7.